The van der Waals surface area contributed by atoms with Crippen LogP contribution in [0.3, 0.4) is 0 Å². The minimum atomic E-state index is 0.957. The molecule has 0 saturated carbocycles. The van der Waals surface area contributed by atoms with E-state index in [0.717, 1.165) is 11.8 Å². The van der Waals surface area contributed by atoms with Crippen LogP contribution in [0.15, 0.2) is 0 Å². The number of rotatable bonds is 20. The highest BCUT2D eigenvalue weighted by molar-refractivity contribution is 4.59. The zero-order valence-corrected chi connectivity index (χ0v) is 18.6. The average molecular weight is 353 g/mol. The summed E-state index contributed by atoms with van der Waals surface area (Å²) < 4.78 is 0. The van der Waals surface area contributed by atoms with Gasteiger partial charge < -0.3 is 0 Å². The number of hydrogen-bond acceptors (Lipinski definition) is 0. The van der Waals surface area contributed by atoms with Gasteiger partial charge in [-0.05, 0) is 11.8 Å². The summed E-state index contributed by atoms with van der Waals surface area (Å²) in [6, 6.07) is 0. The van der Waals surface area contributed by atoms with Crippen molar-refractivity contribution < 1.29 is 0 Å². The van der Waals surface area contributed by atoms with Crippen LogP contribution in [0.25, 0.3) is 0 Å². The minimum Gasteiger partial charge on any atom is -0.0654 e. The smallest absolute Gasteiger partial charge is 0.0443 e. The van der Waals surface area contributed by atoms with Crippen LogP contribution >= 0.6 is 0 Å². The maximum Gasteiger partial charge on any atom is -0.0443 e. The molecule has 25 heavy (non-hydrogen) atoms. The number of unbranched alkanes of at least 4 members (excludes halogenated alkanes) is 12. The molecule has 0 rings (SSSR count). The summed E-state index contributed by atoms with van der Waals surface area (Å²) in [7, 11) is 0. The van der Waals surface area contributed by atoms with Crippen LogP contribution in [0.4, 0.5) is 0 Å². The van der Waals surface area contributed by atoms with E-state index in [0.29, 0.717) is 0 Å². The third kappa shape index (κ3) is 20.2. The highest BCUT2D eigenvalue weighted by atomic mass is 14.1. The fourth-order valence-corrected chi connectivity index (χ4v) is 3.99. The van der Waals surface area contributed by atoms with Gasteiger partial charge in [0, 0.05) is 0 Å². The van der Waals surface area contributed by atoms with Crippen molar-refractivity contribution in [1.29, 1.82) is 0 Å². The van der Waals surface area contributed by atoms with Crippen molar-refractivity contribution in [3.8, 4) is 0 Å². The highest BCUT2D eigenvalue weighted by Crippen LogP contribution is 2.21. The molecule has 0 bridgehead atoms. The van der Waals surface area contributed by atoms with Crippen LogP contribution in [0, 0.1) is 11.8 Å². The molecule has 0 heteroatoms. The first kappa shape index (κ1) is 25.0. The molecule has 0 radical (unpaired) electrons. The largest absolute Gasteiger partial charge is 0.0654 e. The zero-order chi connectivity index (χ0) is 18.6. The quantitative estimate of drug-likeness (QED) is 0.191. The molecule has 0 aromatic heterocycles. The molecular formula is C25H52. The first-order valence-corrected chi connectivity index (χ1v) is 12.2. The summed E-state index contributed by atoms with van der Waals surface area (Å²) in [6.45, 7) is 9.54. The van der Waals surface area contributed by atoms with Gasteiger partial charge in [0.25, 0.3) is 0 Å². The van der Waals surface area contributed by atoms with Crippen LogP contribution in [-0.2, 0) is 0 Å². The van der Waals surface area contributed by atoms with Gasteiger partial charge in [0.2, 0.25) is 0 Å². The lowest BCUT2D eigenvalue weighted by molar-refractivity contribution is 0.394. The Labute approximate surface area is 161 Å². The zero-order valence-electron chi connectivity index (χ0n) is 18.6. The van der Waals surface area contributed by atoms with E-state index in [-0.39, 0.29) is 0 Å². The molecule has 0 heterocycles. The first-order chi connectivity index (χ1) is 12.2. The van der Waals surface area contributed by atoms with Crippen molar-refractivity contribution in [3.63, 3.8) is 0 Å². The van der Waals surface area contributed by atoms with E-state index in [1.807, 2.05) is 0 Å². The molecule has 152 valence electrons. The Balaban J connectivity index is 3.20. The van der Waals surface area contributed by atoms with Crippen molar-refractivity contribution in [2.75, 3.05) is 0 Å². The maximum absolute atomic E-state index is 2.48. The lowest BCUT2D eigenvalue weighted by Crippen LogP contribution is -1.99. The van der Waals surface area contributed by atoms with E-state index < -0.39 is 0 Å². The Bertz CT molecular complexity index is 232. The molecule has 0 fully saturated rings. The molecule has 0 nitrogen and oxygen atoms in total. The van der Waals surface area contributed by atoms with Crippen molar-refractivity contribution >= 4 is 0 Å². The summed E-state index contributed by atoms with van der Waals surface area (Å²) in [5.74, 6) is 1.92. The fraction of sp³-hybridized carbons (Fsp3) is 1.00. The standard InChI is InChI=1S/C25H52/c1-5-7-9-10-11-12-13-14-15-16-17-18-21-25(4)23-19-22-24(3)20-8-6-2/h24-25H,5-23H2,1-4H3. The van der Waals surface area contributed by atoms with Gasteiger partial charge >= 0.3 is 0 Å². The van der Waals surface area contributed by atoms with Crippen LogP contribution in [0.1, 0.15) is 150 Å². The van der Waals surface area contributed by atoms with Crippen molar-refractivity contribution in [1.82, 2.24) is 0 Å². The maximum atomic E-state index is 2.48. The first-order valence-electron chi connectivity index (χ1n) is 12.2. The van der Waals surface area contributed by atoms with Gasteiger partial charge in [0.05, 0.1) is 0 Å². The second-order valence-electron chi connectivity index (χ2n) is 8.96. The fourth-order valence-electron chi connectivity index (χ4n) is 3.99. The van der Waals surface area contributed by atoms with E-state index in [4.69, 9.17) is 0 Å². The summed E-state index contributed by atoms with van der Waals surface area (Å²) in [5.41, 5.74) is 0. The molecule has 0 aromatic carbocycles. The molecule has 0 spiro atoms. The van der Waals surface area contributed by atoms with Gasteiger partial charge in [-0.3, -0.25) is 0 Å². The Morgan fingerprint density at radius 3 is 1.12 bits per heavy atom. The molecule has 0 aromatic rings. The second kappa shape index (κ2) is 20.3. The predicted octanol–water partition coefficient (Wildman–Crippen LogP) is 9.71. The molecule has 0 aliphatic carbocycles. The molecule has 2 atom stereocenters. The van der Waals surface area contributed by atoms with Gasteiger partial charge in [0.15, 0.2) is 0 Å². The Kier molecular flexibility index (Phi) is 20.3. The monoisotopic (exact) mass is 352 g/mol. The minimum absolute atomic E-state index is 0.957. The van der Waals surface area contributed by atoms with Crippen molar-refractivity contribution in [2.24, 2.45) is 11.8 Å². The molecule has 0 amide bonds. The molecule has 0 aliphatic heterocycles. The highest BCUT2D eigenvalue weighted by Gasteiger charge is 2.05. The van der Waals surface area contributed by atoms with E-state index >= 15 is 0 Å². The van der Waals surface area contributed by atoms with Gasteiger partial charge in [-0.25, -0.2) is 0 Å². The van der Waals surface area contributed by atoms with Crippen LogP contribution in [0.2, 0.25) is 0 Å². The summed E-state index contributed by atoms with van der Waals surface area (Å²) >= 11 is 0. The average Bonchev–Trinajstić information content (AvgIpc) is 2.61. The number of hydrogen-bond donors (Lipinski definition) is 0. The lowest BCUT2D eigenvalue weighted by atomic mass is 9.92. The second-order valence-corrected chi connectivity index (χ2v) is 8.96. The topological polar surface area (TPSA) is 0 Å². The summed E-state index contributed by atoms with van der Waals surface area (Å²) in [6.07, 6.45) is 27.7. The van der Waals surface area contributed by atoms with Crippen LogP contribution in [-0.4, -0.2) is 0 Å². The van der Waals surface area contributed by atoms with Crippen molar-refractivity contribution in [2.45, 2.75) is 150 Å². The third-order valence-electron chi connectivity index (χ3n) is 5.99. The molecule has 0 aliphatic rings. The molecule has 2 unspecified atom stereocenters. The molecular weight excluding hydrogens is 300 g/mol. The van der Waals surface area contributed by atoms with E-state index in [1.54, 1.807) is 0 Å². The van der Waals surface area contributed by atoms with E-state index in [1.165, 1.54) is 122 Å². The van der Waals surface area contributed by atoms with E-state index in [2.05, 4.69) is 27.7 Å². The van der Waals surface area contributed by atoms with Gasteiger partial charge in [-0.1, -0.05) is 150 Å². The third-order valence-corrected chi connectivity index (χ3v) is 5.99. The lowest BCUT2D eigenvalue weighted by Gasteiger charge is -2.14. The summed E-state index contributed by atoms with van der Waals surface area (Å²) in [4.78, 5) is 0. The van der Waals surface area contributed by atoms with E-state index in [9.17, 15) is 0 Å². The van der Waals surface area contributed by atoms with Crippen molar-refractivity contribution in [3.05, 3.63) is 0 Å². The van der Waals surface area contributed by atoms with Gasteiger partial charge in [-0.15, -0.1) is 0 Å². The molecule has 0 N–H and O–H groups in total. The summed E-state index contributed by atoms with van der Waals surface area (Å²) in [5, 5.41) is 0. The Morgan fingerprint density at radius 2 is 0.680 bits per heavy atom. The van der Waals surface area contributed by atoms with Gasteiger partial charge in [0.1, 0.15) is 0 Å². The Morgan fingerprint density at radius 1 is 0.360 bits per heavy atom. The Hall–Kier alpha value is 0. The van der Waals surface area contributed by atoms with Crippen LogP contribution in [0.5, 0.6) is 0 Å². The van der Waals surface area contributed by atoms with Crippen LogP contribution < -0.4 is 0 Å². The molecule has 0 saturated heterocycles. The normalized spacial score (nSPS) is 13.9. The van der Waals surface area contributed by atoms with Gasteiger partial charge in [-0.2, -0.15) is 0 Å². The predicted molar refractivity (Wildman–Crippen MR) is 117 cm³/mol. The SMILES string of the molecule is CCCCCCCCCCCCCCC(C)CCCC(C)CCCC.